The van der Waals surface area contributed by atoms with Gasteiger partial charge in [0.05, 0.1) is 6.10 Å². The highest BCUT2D eigenvalue weighted by Gasteiger charge is 2.53. The lowest BCUT2D eigenvalue weighted by molar-refractivity contribution is -0.0603. The minimum Gasteiger partial charge on any atom is -0.393 e. The van der Waals surface area contributed by atoms with Gasteiger partial charge in [-0.25, -0.2) is 0 Å². The van der Waals surface area contributed by atoms with Gasteiger partial charge in [-0.2, -0.15) is 0 Å². The van der Waals surface area contributed by atoms with Gasteiger partial charge in [-0.15, -0.1) is 0 Å². The fourth-order valence-electron chi connectivity index (χ4n) is 4.91. The van der Waals surface area contributed by atoms with Crippen LogP contribution >= 0.6 is 0 Å². The molecule has 0 bridgehead atoms. The average molecular weight is 264 g/mol. The quantitative estimate of drug-likeness (QED) is 0.715. The lowest BCUT2D eigenvalue weighted by atomic mass is 9.46. The van der Waals surface area contributed by atoms with Gasteiger partial charge in [-0.1, -0.05) is 32.9 Å². The van der Waals surface area contributed by atoms with Gasteiger partial charge in [-0.3, -0.25) is 0 Å². The lowest BCUT2D eigenvalue weighted by Crippen LogP contribution is -2.50. The molecule has 0 amide bonds. The molecule has 0 saturated heterocycles. The van der Waals surface area contributed by atoms with Crippen molar-refractivity contribution in [2.45, 2.75) is 78.7 Å². The van der Waals surface area contributed by atoms with E-state index < -0.39 is 0 Å². The van der Waals surface area contributed by atoms with Crippen molar-refractivity contribution < 1.29 is 5.11 Å². The Morgan fingerprint density at radius 3 is 2.68 bits per heavy atom. The molecule has 19 heavy (non-hydrogen) atoms. The van der Waals surface area contributed by atoms with Crippen LogP contribution in [0.15, 0.2) is 12.2 Å². The second-order valence-electron chi connectivity index (χ2n) is 7.80. The zero-order valence-corrected chi connectivity index (χ0v) is 13.3. The van der Waals surface area contributed by atoms with Crippen molar-refractivity contribution in [3.8, 4) is 0 Å². The van der Waals surface area contributed by atoms with Crippen LogP contribution in [0.5, 0.6) is 0 Å². The standard InChI is InChI=1S/C18H32O/c1-13-7-6-8-16-17(13,4)11-9-14(2)18(16,5)12-10-15(3)19/h14-16,19H,1,6-12H2,2-5H3/t14-,15?,16+,17+,18+/m1/s1. The predicted octanol–water partition coefficient (Wildman–Crippen LogP) is 4.95. The van der Waals surface area contributed by atoms with E-state index in [0.29, 0.717) is 10.8 Å². The van der Waals surface area contributed by atoms with E-state index in [1.54, 1.807) is 0 Å². The smallest absolute Gasteiger partial charge is 0.0512 e. The largest absolute Gasteiger partial charge is 0.393 e. The molecule has 0 aromatic rings. The first-order valence-electron chi connectivity index (χ1n) is 8.17. The van der Waals surface area contributed by atoms with Gasteiger partial charge in [0.1, 0.15) is 0 Å². The zero-order valence-electron chi connectivity index (χ0n) is 13.3. The van der Waals surface area contributed by atoms with Crippen LogP contribution in [-0.2, 0) is 0 Å². The Bertz CT molecular complexity index is 346. The molecular formula is C18H32O. The molecule has 2 aliphatic carbocycles. The van der Waals surface area contributed by atoms with Crippen molar-refractivity contribution in [1.29, 1.82) is 0 Å². The third kappa shape index (κ3) is 2.51. The minimum atomic E-state index is -0.163. The first-order chi connectivity index (χ1) is 8.80. The third-order valence-electron chi connectivity index (χ3n) is 6.67. The summed E-state index contributed by atoms with van der Waals surface area (Å²) in [6, 6.07) is 0. The van der Waals surface area contributed by atoms with Crippen LogP contribution in [0.4, 0.5) is 0 Å². The number of hydrogen-bond acceptors (Lipinski definition) is 1. The topological polar surface area (TPSA) is 20.2 Å². The number of rotatable bonds is 3. The molecule has 0 aromatic heterocycles. The van der Waals surface area contributed by atoms with E-state index in [1.165, 1.54) is 44.1 Å². The van der Waals surface area contributed by atoms with E-state index in [-0.39, 0.29) is 6.10 Å². The second-order valence-corrected chi connectivity index (χ2v) is 7.80. The molecule has 5 atom stereocenters. The maximum Gasteiger partial charge on any atom is 0.0512 e. The normalized spacial score (nSPS) is 44.8. The second kappa shape index (κ2) is 5.24. The Morgan fingerprint density at radius 1 is 1.37 bits per heavy atom. The molecular weight excluding hydrogens is 232 g/mol. The summed E-state index contributed by atoms with van der Waals surface area (Å²) in [6.07, 6.45) is 8.49. The van der Waals surface area contributed by atoms with E-state index in [2.05, 4.69) is 27.4 Å². The van der Waals surface area contributed by atoms with Crippen LogP contribution in [0.3, 0.4) is 0 Å². The Kier molecular flexibility index (Phi) is 4.16. The molecule has 0 aliphatic heterocycles. The van der Waals surface area contributed by atoms with E-state index in [4.69, 9.17) is 0 Å². The first-order valence-corrected chi connectivity index (χ1v) is 8.17. The third-order valence-corrected chi connectivity index (χ3v) is 6.67. The molecule has 1 unspecified atom stereocenters. The lowest BCUT2D eigenvalue weighted by Gasteiger charge is -2.59. The van der Waals surface area contributed by atoms with Crippen molar-refractivity contribution in [3.63, 3.8) is 0 Å². The Morgan fingerprint density at radius 2 is 2.05 bits per heavy atom. The van der Waals surface area contributed by atoms with Crippen LogP contribution in [0.2, 0.25) is 0 Å². The summed E-state index contributed by atoms with van der Waals surface area (Å²) < 4.78 is 0. The molecule has 0 radical (unpaired) electrons. The first kappa shape index (κ1) is 15.1. The number of allylic oxidation sites excluding steroid dienone is 1. The van der Waals surface area contributed by atoms with Crippen molar-refractivity contribution in [3.05, 3.63) is 12.2 Å². The highest BCUT2D eigenvalue weighted by atomic mass is 16.3. The summed E-state index contributed by atoms with van der Waals surface area (Å²) in [7, 11) is 0. The summed E-state index contributed by atoms with van der Waals surface area (Å²) in [5, 5.41) is 9.68. The van der Waals surface area contributed by atoms with Gasteiger partial charge in [0.2, 0.25) is 0 Å². The molecule has 0 heterocycles. The van der Waals surface area contributed by atoms with Crippen LogP contribution in [-0.4, -0.2) is 11.2 Å². The molecule has 1 nitrogen and oxygen atoms in total. The molecule has 1 N–H and O–H groups in total. The molecule has 2 saturated carbocycles. The highest BCUT2D eigenvalue weighted by Crippen LogP contribution is 2.62. The monoisotopic (exact) mass is 264 g/mol. The van der Waals surface area contributed by atoms with Gasteiger partial charge >= 0.3 is 0 Å². The fraction of sp³-hybridized carbons (Fsp3) is 0.889. The van der Waals surface area contributed by atoms with Gasteiger partial charge in [0.25, 0.3) is 0 Å². The van der Waals surface area contributed by atoms with E-state index in [9.17, 15) is 5.11 Å². The maximum absolute atomic E-state index is 9.68. The van der Waals surface area contributed by atoms with Crippen molar-refractivity contribution in [2.75, 3.05) is 0 Å². The van der Waals surface area contributed by atoms with Crippen molar-refractivity contribution >= 4 is 0 Å². The number of fused-ring (bicyclic) bond motifs is 1. The van der Waals surface area contributed by atoms with Gasteiger partial charge in [0.15, 0.2) is 0 Å². The predicted molar refractivity (Wildman–Crippen MR) is 82.0 cm³/mol. The van der Waals surface area contributed by atoms with E-state index in [1.807, 2.05) is 6.92 Å². The zero-order chi connectivity index (χ0) is 14.3. The van der Waals surface area contributed by atoms with E-state index in [0.717, 1.165) is 18.3 Å². The Balaban J connectivity index is 2.26. The SMILES string of the molecule is C=C1CCC[C@@H]2[C@@](C)(CCC(C)O)[C@H](C)CC[C@@]12C. The summed E-state index contributed by atoms with van der Waals surface area (Å²) >= 11 is 0. The van der Waals surface area contributed by atoms with Crippen LogP contribution < -0.4 is 0 Å². The summed E-state index contributed by atoms with van der Waals surface area (Å²) in [5.74, 6) is 1.54. The summed E-state index contributed by atoms with van der Waals surface area (Å²) in [6.45, 7) is 13.7. The number of aliphatic hydroxyl groups is 1. The Hall–Kier alpha value is -0.300. The molecule has 2 aliphatic rings. The van der Waals surface area contributed by atoms with Gasteiger partial charge in [0, 0.05) is 0 Å². The summed E-state index contributed by atoms with van der Waals surface area (Å²) in [5.41, 5.74) is 2.24. The Labute approximate surface area is 119 Å². The summed E-state index contributed by atoms with van der Waals surface area (Å²) in [4.78, 5) is 0. The number of aliphatic hydroxyl groups excluding tert-OH is 1. The van der Waals surface area contributed by atoms with Crippen molar-refractivity contribution in [1.82, 2.24) is 0 Å². The molecule has 0 spiro atoms. The average Bonchev–Trinajstić information content (AvgIpc) is 2.35. The maximum atomic E-state index is 9.68. The fourth-order valence-corrected chi connectivity index (χ4v) is 4.91. The van der Waals surface area contributed by atoms with E-state index >= 15 is 0 Å². The highest BCUT2D eigenvalue weighted by molar-refractivity contribution is 5.19. The van der Waals surface area contributed by atoms with Crippen LogP contribution in [0, 0.1) is 22.7 Å². The van der Waals surface area contributed by atoms with Gasteiger partial charge in [-0.05, 0) is 74.5 Å². The molecule has 2 fully saturated rings. The molecule has 1 heteroatoms. The van der Waals surface area contributed by atoms with Gasteiger partial charge < -0.3 is 5.11 Å². The molecule has 2 rings (SSSR count). The molecule has 110 valence electrons. The van der Waals surface area contributed by atoms with Crippen LogP contribution in [0.25, 0.3) is 0 Å². The van der Waals surface area contributed by atoms with Crippen molar-refractivity contribution in [2.24, 2.45) is 22.7 Å². The molecule has 0 aromatic carbocycles. The minimum absolute atomic E-state index is 0.163. The van der Waals surface area contributed by atoms with Crippen LogP contribution in [0.1, 0.15) is 72.6 Å². The number of hydrogen-bond donors (Lipinski definition) is 1.